The molecule has 0 aliphatic rings. The molecule has 1 amide bonds. The van der Waals surface area contributed by atoms with Crippen LogP contribution in [0.2, 0.25) is 0 Å². The second kappa shape index (κ2) is 63.7. The quantitative estimate of drug-likeness (QED) is 0.0272. The zero-order chi connectivity index (χ0) is 59.1. The van der Waals surface area contributed by atoms with Crippen molar-refractivity contribution in [2.24, 2.45) is 0 Å². The third-order valence-corrected chi connectivity index (χ3v) is 18.2. The molecule has 484 valence electrons. The molecule has 0 aromatic rings. The molecular weight excluding hydrogens is 1020 g/mol. The summed E-state index contributed by atoms with van der Waals surface area (Å²) in [7, 11) is 1.33. The fraction of sp³-hybridized carbons (Fsp3) is 0.958. The first-order valence-corrected chi connectivity index (χ1v) is 38.0. The molecule has 0 radical (unpaired) electrons. The van der Waals surface area contributed by atoms with E-state index in [4.69, 9.17) is 9.05 Å². The van der Waals surface area contributed by atoms with Crippen LogP contribution in [0.1, 0.15) is 393 Å². The normalized spacial score (nSPS) is 13.6. The van der Waals surface area contributed by atoms with Crippen molar-refractivity contribution in [2.75, 3.05) is 40.9 Å². The van der Waals surface area contributed by atoms with E-state index in [1.165, 1.54) is 327 Å². The van der Waals surface area contributed by atoms with E-state index in [2.05, 4.69) is 31.3 Å². The van der Waals surface area contributed by atoms with Gasteiger partial charge in [-0.05, 0) is 38.5 Å². The van der Waals surface area contributed by atoms with Gasteiger partial charge in [-0.1, -0.05) is 360 Å². The molecule has 2 N–H and O–H groups in total. The molecule has 8 nitrogen and oxygen atoms in total. The number of likely N-dealkylation sites (N-methyl/N-ethyl adjacent to an activating group) is 1. The van der Waals surface area contributed by atoms with Crippen LogP contribution in [0.4, 0.5) is 0 Å². The van der Waals surface area contributed by atoms with E-state index in [-0.39, 0.29) is 19.1 Å². The summed E-state index contributed by atoms with van der Waals surface area (Å²) in [5.41, 5.74) is 0. The van der Waals surface area contributed by atoms with Crippen LogP contribution in [0.25, 0.3) is 0 Å². The number of phosphoric acid groups is 1. The van der Waals surface area contributed by atoms with Gasteiger partial charge < -0.3 is 28.8 Å². The lowest BCUT2D eigenvalue weighted by atomic mass is 10.0. The number of amides is 1. The molecule has 0 aromatic heterocycles. The zero-order valence-electron chi connectivity index (χ0n) is 55.5. The lowest BCUT2D eigenvalue weighted by Gasteiger charge is -2.30. The Kier molecular flexibility index (Phi) is 63.1. The van der Waals surface area contributed by atoms with Crippen molar-refractivity contribution in [3.63, 3.8) is 0 Å². The lowest BCUT2D eigenvalue weighted by molar-refractivity contribution is -0.870. The van der Waals surface area contributed by atoms with Crippen molar-refractivity contribution < 1.29 is 32.9 Å². The molecule has 3 atom stereocenters. The van der Waals surface area contributed by atoms with Crippen molar-refractivity contribution in [3.05, 3.63) is 12.2 Å². The molecule has 3 unspecified atom stereocenters. The van der Waals surface area contributed by atoms with Crippen molar-refractivity contribution in [1.82, 2.24) is 5.32 Å². The monoisotopic (exact) mass is 1170 g/mol. The molecule has 0 aliphatic carbocycles. The summed E-state index contributed by atoms with van der Waals surface area (Å²) in [6.07, 6.45) is 81.6. The molecular formula is C72H145N2O6P. The molecule has 0 aromatic carbocycles. The fourth-order valence-corrected chi connectivity index (χ4v) is 12.3. The Morgan fingerprint density at radius 1 is 0.420 bits per heavy atom. The summed E-state index contributed by atoms with van der Waals surface area (Å²) >= 11 is 0. The first kappa shape index (κ1) is 80.2. The number of carbonyl (C=O) groups excluding carboxylic acids is 1. The van der Waals surface area contributed by atoms with Crippen LogP contribution in [-0.4, -0.2) is 68.5 Å². The number of unbranched alkanes of at least 4 members (excludes halogenated alkanes) is 54. The van der Waals surface area contributed by atoms with Gasteiger partial charge in [0.15, 0.2) is 0 Å². The highest BCUT2D eigenvalue weighted by molar-refractivity contribution is 7.45. The standard InChI is InChI=1S/C72H145N2O6P/c1-6-8-10-12-14-16-18-20-22-24-26-28-30-32-34-35-36-37-38-40-41-43-45-47-49-51-53-55-57-59-61-63-65-71(75)70(69-80-81(77,78)79-68-67-74(3,4)5)73-72(76)66-64-62-60-58-56-54-52-50-48-46-44-42-39-33-31-29-27-25-23-21-19-17-15-13-11-9-7-2/h25,27,70-71,75H,6-24,26,28-69H2,1-5H3,(H-,73,76,77,78)/b27-25-. The van der Waals surface area contributed by atoms with E-state index < -0.39 is 20.0 Å². The maximum absolute atomic E-state index is 13.1. The third-order valence-electron chi connectivity index (χ3n) is 17.3. The first-order valence-electron chi connectivity index (χ1n) is 36.5. The maximum Gasteiger partial charge on any atom is 0.268 e. The summed E-state index contributed by atoms with van der Waals surface area (Å²) in [5.74, 6) is -0.155. The predicted molar refractivity (Wildman–Crippen MR) is 353 cm³/mol. The lowest BCUT2D eigenvalue weighted by Crippen LogP contribution is -2.46. The molecule has 0 rings (SSSR count). The summed E-state index contributed by atoms with van der Waals surface area (Å²) in [5, 5.41) is 14.1. The molecule has 0 saturated carbocycles. The van der Waals surface area contributed by atoms with Crippen molar-refractivity contribution in [3.8, 4) is 0 Å². The van der Waals surface area contributed by atoms with E-state index in [1.54, 1.807) is 0 Å². The number of aliphatic hydroxyl groups excluding tert-OH is 1. The van der Waals surface area contributed by atoms with Crippen molar-refractivity contribution >= 4 is 13.7 Å². The summed E-state index contributed by atoms with van der Waals surface area (Å²) in [6.45, 7) is 4.79. The number of hydrogen-bond donors (Lipinski definition) is 2. The van der Waals surface area contributed by atoms with Crippen LogP contribution in [0, 0.1) is 0 Å². The molecule has 81 heavy (non-hydrogen) atoms. The van der Waals surface area contributed by atoms with E-state index in [9.17, 15) is 19.4 Å². The molecule has 0 saturated heterocycles. The molecule has 9 heteroatoms. The topological polar surface area (TPSA) is 108 Å². The summed E-state index contributed by atoms with van der Waals surface area (Å²) < 4.78 is 23.6. The Balaban J connectivity index is 3.97. The number of rotatable bonds is 69. The summed E-state index contributed by atoms with van der Waals surface area (Å²) in [4.78, 5) is 25.7. The number of aliphatic hydroxyl groups is 1. The fourth-order valence-electron chi connectivity index (χ4n) is 11.6. The van der Waals surface area contributed by atoms with Gasteiger partial charge in [0.05, 0.1) is 39.9 Å². The largest absolute Gasteiger partial charge is 0.756 e. The molecule has 0 heterocycles. The van der Waals surface area contributed by atoms with E-state index in [1.807, 2.05) is 21.1 Å². The second-order valence-electron chi connectivity index (χ2n) is 26.7. The van der Waals surface area contributed by atoms with Crippen molar-refractivity contribution in [1.29, 1.82) is 0 Å². The van der Waals surface area contributed by atoms with Gasteiger partial charge in [0.1, 0.15) is 13.2 Å². The number of allylic oxidation sites excluding steroid dienone is 2. The van der Waals surface area contributed by atoms with Crippen LogP contribution in [-0.2, 0) is 18.4 Å². The van der Waals surface area contributed by atoms with Gasteiger partial charge in [0.25, 0.3) is 7.82 Å². The predicted octanol–water partition coefficient (Wildman–Crippen LogP) is 22.7. The highest BCUT2D eigenvalue weighted by atomic mass is 31.2. The van der Waals surface area contributed by atoms with Crippen molar-refractivity contribution in [2.45, 2.75) is 405 Å². The Hall–Kier alpha value is -0.760. The average molecular weight is 1170 g/mol. The van der Waals surface area contributed by atoms with Crippen LogP contribution >= 0.6 is 7.82 Å². The van der Waals surface area contributed by atoms with Crippen LogP contribution < -0.4 is 10.2 Å². The Bertz CT molecular complexity index is 1320. The average Bonchev–Trinajstić information content (AvgIpc) is 3.43. The van der Waals surface area contributed by atoms with Crippen LogP contribution in [0.5, 0.6) is 0 Å². The summed E-state index contributed by atoms with van der Waals surface area (Å²) in [6, 6.07) is -0.799. The number of hydrogen-bond acceptors (Lipinski definition) is 6. The van der Waals surface area contributed by atoms with E-state index >= 15 is 0 Å². The Labute approximate surface area is 507 Å². The maximum atomic E-state index is 13.1. The van der Waals surface area contributed by atoms with Gasteiger partial charge >= 0.3 is 0 Å². The van der Waals surface area contributed by atoms with E-state index in [0.29, 0.717) is 23.9 Å². The molecule has 0 bridgehead atoms. The number of nitrogens with one attached hydrogen (secondary N) is 1. The minimum Gasteiger partial charge on any atom is -0.756 e. The van der Waals surface area contributed by atoms with Crippen LogP contribution in [0.3, 0.4) is 0 Å². The Morgan fingerprint density at radius 2 is 0.679 bits per heavy atom. The SMILES string of the molecule is CCCCCCCCCC/C=C\CCCCCCCCCCCCCCCCCC(=O)NC(COP(=O)([O-])OCC[N+](C)(C)C)C(O)CCCCCCCCCCCCCCCCCCCCCCCCCCCCCCCCCC. The van der Waals surface area contributed by atoms with Gasteiger partial charge in [-0.3, -0.25) is 9.36 Å². The zero-order valence-corrected chi connectivity index (χ0v) is 56.4. The third kappa shape index (κ3) is 66.6. The van der Waals surface area contributed by atoms with Crippen LogP contribution in [0.15, 0.2) is 12.2 Å². The van der Waals surface area contributed by atoms with Gasteiger partial charge in [-0.2, -0.15) is 0 Å². The van der Waals surface area contributed by atoms with Gasteiger partial charge in [-0.25, -0.2) is 0 Å². The van der Waals surface area contributed by atoms with Gasteiger partial charge in [-0.15, -0.1) is 0 Å². The number of phosphoric ester groups is 1. The number of carbonyl (C=O) groups is 1. The molecule has 0 fully saturated rings. The van der Waals surface area contributed by atoms with E-state index in [0.717, 1.165) is 38.5 Å². The molecule has 0 aliphatic heterocycles. The Morgan fingerprint density at radius 3 is 0.963 bits per heavy atom. The molecule has 0 spiro atoms. The second-order valence-corrected chi connectivity index (χ2v) is 28.1. The highest BCUT2D eigenvalue weighted by Gasteiger charge is 2.24. The highest BCUT2D eigenvalue weighted by Crippen LogP contribution is 2.38. The minimum atomic E-state index is -4.58. The number of quaternary nitrogens is 1. The first-order chi connectivity index (χ1) is 39.5. The van der Waals surface area contributed by atoms with Gasteiger partial charge in [0, 0.05) is 6.42 Å². The number of nitrogens with zero attached hydrogens (tertiary/aromatic N) is 1. The smallest absolute Gasteiger partial charge is 0.268 e. The minimum absolute atomic E-state index is 0.0156. The van der Waals surface area contributed by atoms with Gasteiger partial charge in [0.2, 0.25) is 5.91 Å².